The molecule has 0 bridgehead atoms. The minimum Gasteiger partial charge on any atom is -0.463 e. The summed E-state index contributed by atoms with van der Waals surface area (Å²) >= 11 is 1.22. The van der Waals surface area contributed by atoms with E-state index in [1.807, 2.05) is 50.2 Å². The van der Waals surface area contributed by atoms with Crippen molar-refractivity contribution < 1.29 is 23.9 Å². The molecule has 1 atom stereocenters. The summed E-state index contributed by atoms with van der Waals surface area (Å²) < 4.78 is 12.5. The van der Waals surface area contributed by atoms with Crippen molar-refractivity contribution in [2.45, 2.75) is 33.7 Å². The maximum absolute atomic E-state index is 13.8. The number of benzene rings is 3. The van der Waals surface area contributed by atoms with Gasteiger partial charge in [-0.15, -0.1) is 0 Å². The summed E-state index contributed by atoms with van der Waals surface area (Å²) in [4.78, 5) is 56.6. The van der Waals surface area contributed by atoms with Crippen LogP contribution >= 0.6 is 11.3 Å². The van der Waals surface area contributed by atoms with Crippen molar-refractivity contribution in [2.24, 2.45) is 4.99 Å². The number of esters is 2. The fourth-order valence-electron chi connectivity index (χ4n) is 4.77. The lowest BCUT2D eigenvalue weighted by molar-refractivity contribution is -0.139. The number of amides is 1. The molecule has 1 amide bonds. The zero-order valence-corrected chi connectivity index (χ0v) is 25.6. The van der Waals surface area contributed by atoms with Crippen molar-refractivity contribution >= 4 is 40.9 Å². The molecule has 1 N–H and O–H groups in total. The molecule has 10 heteroatoms. The highest BCUT2D eigenvalue weighted by Gasteiger charge is 2.33. The minimum atomic E-state index is -0.687. The van der Waals surface area contributed by atoms with Crippen molar-refractivity contribution in [3.63, 3.8) is 0 Å². The number of aryl methyl sites for hydroxylation is 2. The maximum atomic E-state index is 13.8. The van der Waals surface area contributed by atoms with E-state index in [-0.39, 0.29) is 17.7 Å². The number of nitrogens with zero attached hydrogens (tertiary/aromatic N) is 2. The van der Waals surface area contributed by atoms with Gasteiger partial charge < -0.3 is 14.8 Å². The maximum Gasteiger partial charge on any atom is 0.338 e. The molecule has 5 rings (SSSR count). The summed E-state index contributed by atoms with van der Waals surface area (Å²) in [5, 5.41) is 2.68. The zero-order chi connectivity index (χ0) is 31.4. The molecule has 3 aromatic carbocycles. The standard InChI is InChI=1S/C34H31N3O6S/c1-5-42-33(41)29-22(4)35-34-37(30(29)24-12-6-20(2)7-13-24)31(39)27(44-34)18-23-10-14-25(15-11-23)32(40)43-19-28(38)36-26-16-8-21(3)9-17-26/h6-18,30H,5,19H2,1-4H3,(H,36,38)/b27-18+/t30-/m1/s1. The van der Waals surface area contributed by atoms with Gasteiger partial charge in [0.15, 0.2) is 11.4 Å². The van der Waals surface area contributed by atoms with Gasteiger partial charge >= 0.3 is 11.9 Å². The fourth-order valence-corrected chi connectivity index (χ4v) is 5.82. The van der Waals surface area contributed by atoms with Crippen LogP contribution in [0.2, 0.25) is 0 Å². The summed E-state index contributed by atoms with van der Waals surface area (Å²) in [6.07, 6.45) is 1.71. The summed E-state index contributed by atoms with van der Waals surface area (Å²) in [5.41, 5.74) is 4.98. The first-order valence-corrected chi connectivity index (χ1v) is 14.9. The van der Waals surface area contributed by atoms with E-state index in [4.69, 9.17) is 9.47 Å². The van der Waals surface area contributed by atoms with E-state index >= 15 is 0 Å². The molecular weight excluding hydrogens is 578 g/mol. The lowest BCUT2D eigenvalue weighted by Gasteiger charge is -2.24. The van der Waals surface area contributed by atoms with Crippen LogP contribution in [0.4, 0.5) is 5.69 Å². The number of fused-ring (bicyclic) bond motifs is 1. The molecule has 1 aromatic heterocycles. The Kier molecular flexibility index (Phi) is 9.01. The molecule has 0 saturated heterocycles. The van der Waals surface area contributed by atoms with Gasteiger partial charge in [-0.25, -0.2) is 14.6 Å². The Bertz CT molecular complexity index is 1940. The number of rotatable bonds is 8. The van der Waals surface area contributed by atoms with E-state index in [0.29, 0.717) is 31.9 Å². The summed E-state index contributed by atoms with van der Waals surface area (Å²) in [6.45, 7) is 7.17. The number of nitrogens with one attached hydrogen (secondary N) is 1. The Labute approximate surface area is 257 Å². The zero-order valence-electron chi connectivity index (χ0n) is 24.7. The average molecular weight is 610 g/mol. The number of carbonyl (C=O) groups excluding carboxylic acids is 3. The van der Waals surface area contributed by atoms with Crippen LogP contribution in [-0.2, 0) is 19.1 Å². The predicted octanol–water partition coefficient (Wildman–Crippen LogP) is 4.21. The van der Waals surface area contributed by atoms with Crippen LogP contribution in [0.1, 0.15) is 52.5 Å². The average Bonchev–Trinajstić information content (AvgIpc) is 3.31. The predicted molar refractivity (Wildman–Crippen MR) is 168 cm³/mol. The summed E-state index contributed by atoms with van der Waals surface area (Å²) in [5.74, 6) is -1.60. The van der Waals surface area contributed by atoms with Crippen LogP contribution in [0.3, 0.4) is 0 Å². The Morgan fingerprint density at radius 3 is 2.16 bits per heavy atom. The number of aromatic nitrogens is 1. The van der Waals surface area contributed by atoms with E-state index in [1.165, 1.54) is 15.9 Å². The van der Waals surface area contributed by atoms with Gasteiger partial charge in [-0.1, -0.05) is 71.0 Å². The highest BCUT2D eigenvalue weighted by atomic mass is 32.1. The molecule has 0 radical (unpaired) electrons. The lowest BCUT2D eigenvalue weighted by Crippen LogP contribution is -2.39. The first-order valence-electron chi connectivity index (χ1n) is 14.0. The molecule has 44 heavy (non-hydrogen) atoms. The van der Waals surface area contributed by atoms with Crippen molar-refractivity contribution in [3.05, 3.63) is 132 Å². The molecule has 0 unspecified atom stereocenters. The SMILES string of the molecule is CCOC(=O)C1=C(C)N=c2s/c(=C/c3ccc(C(=O)OCC(=O)Nc4ccc(C)cc4)cc3)c(=O)n2[C@@H]1c1ccc(C)cc1. The van der Waals surface area contributed by atoms with E-state index < -0.39 is 30.5 Å². The number of ether oxygens (including phenoxy) is 2. The monoisotopic (exact) mass is 609 g/mol. The number of hydrogen-bond donors (Lipinski definition) is 1. The van der Waals surface area contributed by atoms with Gasteiger partial charge in [-0.05, 0) is 69.2 Å². The highest BCUT2D eigenvalue weighted by Crippen LogP contribution is 2.30. The van der Waals surface area contributed by atoms with Crippen molar-refractivity contribution in [1.29, 1.82) is 0 Å². The van der Waals surface area contributed by atoms with E-state index in [2.05, 4.69) is 10.3 Å². The topological polar surface area (TPSA) is 116 Å². The lowest BCUT2D eigenvalue weighted by atomic mass is 9.95. The quantitative estimate of drug-likeness (QED) is 0.299. The number of anilines is 1. The Hall–Kier alpha value is -5.09. The third-order valence-corrected chi connectivity index (χ3v) is 8.01. The van der Waals surface area contributed by atoms with E-state index in [9.17, 15) is 19.2 Å². The number of allylic oxidation sites excluding steroid dienone is 1. The Morgan fingerprint density at radius 1 is 0.886 bits per heavy atom. The van der Waals surface area contributed by atoms with Crippen LogP contribution in [0, 0.1) is 13.8 Å². The van der Waals surface area contributed by atoms with Crippen molar-refractivity contribution in [2.75, 3.05) is 18.5 Å². The Balaban J connectivity index is 1.37. The molecule has 0 fully saturated rings. The van der Waals surface area contributed by atoms with Gasteiger partial charge in [0.05, 0.1) is 34.0 Å². The number of thiazole rings is 1. The smallest absolute Gasteiger partial charge is 0.338 e. The first kappa shape index (κ1) is 30.4. The van der Waals surface area contributed by atoms with Gasteiger partial charge in [-0.2, -0.15) is 0 Å². The second-order valence-electron chi connectivity index (χ2n) is 10.3. The third kappa shape index (κ3) is 6.60. The number of carbonyl (C=O) groups is 3. The molecule has 0 aliphatic carbocycles. The third-order valence-electron chi connectivity index (χ3n) is 7.02. The van der Waals surface area contributed by atoms with Crippen molar-refractivity contribution in [1.82, 2.24) is 4.57 Å². The summed E-state index contributed by atoms with van der Waals surface area (Å²) in [6, 6.07) is 20.8. The largest absolute Gasteiger partial charge is 0.463 e. The molecule has 1 aliphatic rings. The van der Waals surface area contributed by atoms with Crippen molar-refractivity contribution in [3.8, 4) is 0 Å². The molecule has 1 aliphatic heterocycles. The van der Waals surface area contributed by atoms with Crippen LogP contribution < -0.4 is 20.2 Å². The molecule has 0 saturated carbocycles. The van der Waals surface area contributed by atoms with Gasteiger partial charge in [0.2, 0.25) is 0 Å². The Morgan fingerprint density at radius 2 is 1.52 bits per heavy atom. The van der Waals surface area contributed by atoms with Crippen LogP contribution in [0.15, 0.2) is 93.9 Å². The summed E-state index contributed by atoms with van der Waals surface area (Å²) in [7, 11) is 0. The molecular formula is C34H31N3O6S. The first-order chi connectivity index (χ1) is 21.1. The molecule has 2 heterocycles. The van der Waals surface area contributed by atoms with Gasteiger partial charge in [0, 0.05) is 5.69 Å². The second-order valence-corrected chi connectivity index (χ2v) is 11.3. The highest BCUT2D eigenvalue weighted by molar-refractivity contribution is 7.07. The molecule has 0 spiro atoms. The van der Waals surface area contributed by atoms with Gasteiger partial charge in [0.25, 0.3) is 11.5 Å². The number of hydrogen-bond acceptors (Lipinski definition) is 8. The minimum absolute atomic E-state index is 0.199. The normalized spacial score (nSPS) is 14.5. The second kappa shape index (κ2) is 13.0. The van der Waals surface area contributed by atoms with Crippen LogP contribution in [0.5, 0.6) is 0 Å². The van der Waals surface area contributed by atoms with Gasteiger partial charge in [0.1, 0.15) is 0 Å². The molecule has 9 nitrogen and oxygen atoms in total. The molecule has 4 aromatic rings. The fraction of sp³-hybridized carbons (Fsp3) is 0.206. The van der Waals surface area contributed by atoms with E-state index in [0.717, 1.165) is 16.7 Å². The van der Waals surface area contributed by atoms with E-state index in [1.54, 1.807) is 56.3 Å². The molecule has 224 valence electrons. The van der Waals surface area contributed by atoms with Gasteiger partial charge in [-0.3, -0.25) is 14.2 Å². The van der Waals surface area contributed by atoms with Crippen LogP contribution in [-0.4, -0.2) is 35.6 Å². The van der Waals surface area contributed by atoms with Crippen LogP contribution in [0.25, 0.3) is 6.08 Å².